The van der Waals surface area contributed by atoms with Crippen molar-refractivity contribution in [3.05, 3.63) is 30.3 Å². The summed E-state index contributed by atoms with van der Waals surface area (Å²) in [6, 6.07) is 9.42. The van der Waals surface area contributed by atoms with E-state index in [0.29, 0.717) is 45.4 Å². The molecule has 7 nitrogen and oxygen atoms in total. The number of nitrogens with one attached hydrogen (secondary N) is 1. The summed E-state index contributed by atoms with van der Waals surface area (Å²) in [6.45, 7) is 1.67. The van der Waals surface area contributed by atoms with Crippen LogP contribution in [0.3, 0.4) is 0 Å². The van der Waals surface area contributed by atoms with Gasteiger partial charge in [0.05, 0.1) is 6.61 Å². The van der Waals surface area contributed by atoms with E-state index in [-0.39, 0.29) is 11.9 Å². The van der Waals surface area contributed by atoms with Crippen LogP contribution >= 0.6 is 0 Å². The number of ether oxygens (including phenoxy) is 1. The highest BCUT2D eigenvalue weighted by Crippen LogP contribution is 2.14. The van der Waals surface area contributed by atoms with Gasteiger partial charge in [-0.3, -0.25) is 4.79 Å². The number of amides is 1. The van der Waals surface area contributed by atoms with E-state index in [4.69, 9.17) is 4.74 Å². The van der Waals surface area contributed by atoms with Gasteiger partial charge in [-0.15, -0.1) is 0 Å². The lowest BCUT2D eigenvalue weighted by Gasteiger charge is -2.32. The Balaban J connectivity index is 1.65. The van der Waals surface area contributed by atoms with Crippen LogP contribution in [0.15, 0.2) is 30.3 Å². The first-order valence-electron chi connectivity index (χ1n) is 8.54. The SMILES string of the molecule is CN(C)S(=O)(=O)NC1CCN(C(=O)CCCOc2ccccc2)CC1. The molecule has 0 aliphatic carbocycles. The van der Waals surface area contributed by atoms with E-state index in [2.05, 4.69) is 4.72 Å². The van der Waals surface area contributed by atoms with Crippen molar-refractivity contribution in [2.45, 2.75) is 31.7 Å². The molecule has 1 aromatic carbocycles. The lowest BCUT2D eigenvalue weighted by molar-refractivity contribution is -0.132. The van der Waals surface area contributed by atoms with Gasteiger partial charge in [0.1, 0.15) is 5.75 Å². The van der Waals surface area contributed by atoms with Crippen LogP contribution in [0.1, 0.15) is 25.7 Å². The molecule has 0 saturated carbocycles. The molecule has 0 aromatic heterocycles. The van der Waals surface area contributed by atoms with Crippen LogP contribution in [-0.4, -0.2) is 63.4 Å². The van der Waals surface area contributed by atoms with Gasteiger partial charge in [-0.2, -0.15) is 17.4 Å². The Morgan fingerprint density at radius 2 is 1.88 bits per heavy atom. The van der Waals surface area contributed by atoms with Crippen molar-refractivity contribution in [2.24, 2.45) is 0 Å². The second-order valence-corrected chi connectivity index (χ2v) is 8.24. The highest BCUT2D eigenvalue weighted by Gasteiger charge is 2.26. The van der Waals surface area contributed by atoms with E-state index in [9.17, 15) is 13.2 Å². The number of piperidine rings is 1. The smallest absolute Gasteiger partial charge is 0.279 e. The monoisotopic (exact) mass is 369 g/mol. The quantitative estimate of drug-likeness (QED) is 0.699. The van der Waals surface area contributed by atoms with Crippen molar-refractivity contribution < 1.29 is 17.9 Å². The van der Waals surface area contributed by atoms with E-state index in [1.165, 1.54) is 14.1 Å². The number of likely N-dealkylation sites (tertiary alicyclic amines) is 1. The van der Waals surface area contributed by atoms with E-state index < -0.39 is 10.2 Å². The molecular formula is C17H27N3O4S. The summed E-state index contributed by atoms with van der Waals surface area (Å²) in [5.41, 5.74) is 0. The predicted molar refractivity (Wildman–Crippen MR) is 96.5 cm³/mol. The van der Waals surface area contributed by atoms with Gasteiger partial charge in [-0.25, -0.2) is 0 Å². The van der Waals surface area contributed by atoms with Gasteiger partial charge in [-0.05, 0) is 31.4 Å². The van der Waals surface area contributed by atoms with Crippen molar-refractivity contribution >= 4 is 16.1 Å². The Hall–Kier alpha value is -1.64. The molecule has 0 atom stereocenters. The largest absolute Gasteiger partial charge is 0.494 e. The first kappa shape index (κ1) is 19.7. The van der Waals surface area contributed by atoms with E-state index in [1.807, 2.05) is 35.2 Å². The van der Waals surface area contributed by atoms with Crippen LogP contribution < -0.4 is 9.46 Å². The van der Waals surface area contributed by atoms with Crippen LogP contribution in [-0.2, 0) is 15.0 Å². The molecular weight excluding hydrogens is 342 g/mol. The van der Waals surface area contributed by atoms with Crippen LogP contribution in [0.2, 0.25) is 0 Å². The summed E-state index contributed by atoms with van der Waals surface area (Å²) in [5, 5.41) is 0. The standard InChI is InChI=1S/C17H27N3O4S/c1-19(2)25(22,23)18-15-10-12-20(13-11-15)17(21)9-6-14-24-16-7-4-3-5-8-16/h3-5,7-8,15,18H,6,9-14H2,1-2H3. The minimum absolute atomic E-state index is 0.102. The maximum absolute atomic E-state index is 12.2. The predicted octanol–water partition coefficient (Wildman–Crippen LogP) is 1.23. The number of carbonyl (C=O) groups is 1. The normalized spacial score (nSPS) is 16.2. The van der Waals surface area contributed by atoms with Gasteiger partial charge in [-0.1, -0.05) is 18.2 Å². The fraction of sp³-hybridized carbons (Fsp3) is 0.588. The van der Waals surface area contributed by atoms with Crippen molar-refractivity contribution in [1.82, 2.24) is 13.9 Å². The number of nitrogens with zero attached hydrogens (tertiary/aromatic N) is 2. The molecule has 0 spiro atoms. The fourth-order valence-corrected chi connectivity index (χ4v) is 3.52. The number of rotatable bonds is 8. The molecule has 0 bridgehead atoms. The summed E-state index contributed by atoms with van der Waals surface area (Å²) in [5.74, 6) is 0.912. The fourth-order valence-electron chi connectivity index (χ4n) is 2.65. The third-order valence-electron chi connectivity index (χ3n) is 4.19. The summed E-state index contributed by atoms with van der Waals surface area (Å²) in [6.07, 6.45) is 2.39. The minimum Gasteiger partial charge on any atom is -0.494 e. The minimum atomic E-state index is -3.42. The Kier molecular flexibility index (Phi) is 7.22. The maximum atomic E-state index is 12.2. The number of carbonyl (C=O) groups excluding carboxylic acids is 1. The Bertz CT molecular complexity index is 641. The van der Waals surface area contributed by atoms with Crippen LogP contribution in [0.4, 0.5) is 0 Å². The molecule has 0 unspecified atom stereocenters. The lowest BCUT2D eigenvalue weighted by Crippen LogP contribution is -2.49. The molecule has 8 heteroatoms. The highest BCUT2D eigenvalue weighted by molar-refractivity contribution is 7.87. The summed E-state index contributed by atoms with van der Waals surface area (Å²) < 4.78 is 33.1. The Morgan fingerprint density at radius 1 is 1.24 bits per heavy atom. The molecule has 1 aromatic rings. The average Bonchev–Trinajstić information content (AvgIpc) is 2.59. The average molecular weight is 369 g/mol. The highest BCUT2D eigenvalue weighted by atomic mass is 32.2. The molecule has 2 rings (SSSR count). The zero-order chi connectivity index (χ0) is 18.3. The molecule has 1 amide bonds. The van der Waals surface area contributed by atoms with Gasteiger partial charge in [0.15, 0.2) is 0 Å². The summed E-state index contributed by atoms with van der Waals surface area (Å²) in [7, 11) is -0.419. The van der Waals surface area contributed by atoms with Crippen molar-refractivity contribution in [3.8, 4) is 5.75 Å². The Labute approximate surface area is 150 Å². The van der Waals surface area contributed by atoms with E-state index >= 15 is 0 Å². The zero-order valence-corrected chi connectivity index (χ0v) is 15.7. The molecule has 1 aliphatic rings. The van der Waals surface area contributed by atoms with E-state index in [0.717, 1.165) is 10.1 Å². The van der Waals surface area contributed by atoms with Crippen molar-refractivity contribution in [2.75, 3.05) is 33.8 Å². The molecule has 25 heavy (non-hydrogen) atoms. The van der Waals surface area contributed by atoms with Crippen molar-refractivity contribution in [1.29, 1.82) is 0 Å². The number of hydrogen-bond acceptors (Lipinski definition) is 4. The first-order valence-corrected chi connectivity index (χ1v) is 9.98. The molecule has 1 heterocycles. The lowest BCUT2D eigenvalue weighted by atomic mass is 10.1. The topological polar surface area (TPSA) is 79.0 Å². The molecule has 1 saturated heterocycles. The molecule has 1 fully saturated rings. The van der Waals surface area contributed by atoms with Gasteiger partial charge in [0.25, 0.3) is 10.2 Å². The second-order valence-electron chi connectivity index (χ2n) is 6.33. The summed E-state index contributed by atoms with van der Waals surface area (Å²) in [4.78, 5) is 14.0. The molecule has 1 N–H and O–H groups in total. The summed E-state index contributed by atoms with van der Waals surface area (Å²) >= 11 is 0. The zero-order valence-electron chi connectivity index (χ0n) is 14.8. The molecule has 0 radical (unpaired) electrons. The Morgan fingerprint density at radius 3 is 2.48 bits per heavy atom. The third-order valence-corrected chi connectivity index (χ3v) is 5.78. The maximum Gasteiger partial charge on any atom is 0.279 e. The molecule has 1 aliphatic heterocycles. The molecule has 140 valence electrons. The van der Waals surface area contributed by atoms with Gasteiger partial charge in [0, 0.05) is 39.6 Å². The van der Waals surface area contributed by atoms with Crippen LogP contribution in [0, 0.1) is 0 Å². The van der Waals surface area contributed by atoms with Gasteiger partial charge < -0.3 is 9.64 Å². The van der Waals surface area contributed by atoms with Gasteiger partial charge >= 0.3 is 0 Å². The van der Waals surface area contributed by atoms with E-state index in [1.54, 1.807) is 0 Å². The van der Waals surface area contributed by atoms with Gasteiger partial charge in [0.2, 0.25) is 5.91 Å². The third kappa shape index (κ3) is 6.30. The van der Waals surface area contributed by atoms with Crippen LogP contribution in [0.5, 0.6) is 5.75 Å². The number of benzene rings is 1. The van der Waals surface area contributed by atoms with Crippen molar-refractivity contribution in [3.63, 3.8) is 0 Å². The number of para-hydroxylation sites is 1. The first-order chi connectivity index (χ1) is 11.9. The van der Waals surface area contributed by atoms with Crippen LogP contribution in [0.25, 0.3) is 0 Å². The second kappa shape index (κ2) is 9.17. The number of hydrogen-bond donors (Lipinski definition) is 1.